The number of rotatable bonds is 7. The minimum absolute atomic E-state index is 1.05. The van der Waals surface area contributed by atoms with E-state index in [-0.39, 0.29) is 0 Å². The molecule has 0 saturated heterocycles. The Morgan fingerprint density at radius 3 is 2.56 bits per heavy atom. The third-order valence-corrected chi connectivity index (χ3v) is 3.48. The van der Waals surface area contributed by atoms with Crippen LogP contribution in [0.3, 0.4) is 0 Å². The van der Waals surface area contributed by atoms with Crippen molar-refractivity contribution in [2.75, 3.05) is 19.8 Å². The van der Waals surface area contributed by atoms with Crippen LogP contribution in [-0.4, -0.2) is 34.1 Å². The summed E-state index contributed by atoms with van der Waals surface area (Å²) in [4.78, 5) is 4.72. The van der Waals surface area contributed by atoms with Crippen molar-refractivity contribution in [2.45, 2.75) is 39.8 Å². The summed E-state index contributed by atoms with van der Waals surface area (Å²) in [6.07, 6.45) is 13.4. The van der Waals surface area contributed by atoms with Crippen LogP contribution in [0.2, 0.25) is 0 Å². The number of aryl methyl sites for hydroxylation is 2. The molecule has 0 radical (unpaired) electrons. The summed E-state index contributed by atoms with van der Waals surface area (Å²) in [5.41, 5.74) is 0. The third-order valence-electron chi connectivity index (χ3n) is 3.48. The van der Waals surface area contributed by atoms with Crippen molar-refractivity contribution in [3.05, 3.63) is 31.1 Å². The van der Waals surface area contributed by atoms with E-state index in [0.717, 1.165) is 26.3 Å². The highest BCUT2D eigenvalue weighted by Crippen LogP contribution is 2.06. The summed E-state index contributed by atoms with van der Waals surface area (Å²) >= 11 is 0. The van der Waals surface area contributed by atoms with E-state index >= 15 is 0 Å². The van der Waals surface area contributed by atoms with Gasteiger partial charge < -0.3 is 9.80 Å². The lowest BCUT2D eigenvalue weighted by Crippen LogP contribution is -2.32. The van der Waals surface area contributed by atoms with Gasteiger partial charge in [0.1, 0.15) is 12.4 Å². The van der Waals surface area contributed by atoms with Crippen LogP contribution in [-0.2, 0) is 13.1 Å². The molecule has 1 aliphatic rings. The Balaban J connectivity index is 1.60. The molecule has 0 aliphatic carbocycles. The zero-order chi connectivity index (χ0) is 12.8. The van der Waals surface area contributed by atoms with E-state index in [4.69, 9.17) is 0 Å². The molecule has 0 atom stereocenters. The first kappa shape index (κ1) is 13.0. The molecular weight excluding hydrogens is 224 g/mol. The maximum Gasteiger partial charge on any atom is 0.243 e. The number of imidazole rings is 1. The summed E-state index contributed by atoms with van der Waals surface area (Å²) in [5.74, 6) is 0. The quantitative estimate of drug-likeness (QED) is 0.539. The highest BCUT2D eigenvalue weighted by atomic mass is 15.3. The highest BCUT2D eigenvalue weighted by Gasteiger charge is 2.09. The van der Waals surface area contributed by atoms with Gasteiger partial charge >= 0.3 is 0 Å². The Morgan fingerprint density at radius 2 is 1.89 bits per heavy atom. The summed E-state index contributed by atoms with van der Waals surface area (Å²) in [7, 11) is 0. The fourth-order valence-electron chi connectivity index (χ4n) is 2.23. The number of unbranched alkanes of at least 4 members (excludes halogenated alkanes) is 1. The first-order valence-corrected chi connectivity index (χ1v) is 7.03. The molecule has 0 bridgehead atoms. The predicted octanol–water partition coefficient (Wildman–Crippen LogP) is 1.64. The van der Waals surface area contributed by atoms with Crippen molar-refractivity contribution in [3.8, 4) is 0 Å². The fourth-order valence-corrected chi connectivity index (χ4v) is 2.23. The predicted molar refractivity (Wildman–Crippen MR) is 72.6 cm³/mol. The van der Waals surface area contributed by atoms with Crippen molar-refractivity contribution in [3.63, 3.8) is 0 Å². The molecule has 0 spiro atoms. The Hall–Kier alpha value is -1.45. The van der Waals surface area contributed by atoms with E-state index in [0.29, 0.717) is 0 Å². The molecule has 2 heterocycles. The second-order valence-corrected chi connectivity index (χ2v) is 4.85. The molecule has 0 N–H and O–H groups in total. The molecule has 0 unspecified atom stereocenters. The van der Waals surface area contributed by atoms with Gasteiger partial charge in [0.25, 0.3) is 0 Å². The maximum absolute atomic E-state index is 2.39. The smallest absolute Gasteiger partial charge is 0.243 e. The van der Waals surface area contributed by atoms with Gasteiger partial charge in [-0.15, -0.1) is 0 Å². The second-order valence-electron chi connectivity index (χ2n) is 4.85. The normalized spacial score (nSPS) is 14.8. The molecule has 4 heteroatoms. The van der Waals surface area contributed by atoms with E-state index in [1.807, 2.05) is 0 Å². The van der Waals surface area contributed by atoms with Crippen molar-refractivity contribution < 1.29 is 4.57 Å². The Labute approximate surface area is 110 Å². The minimum Gasteiger partial charge on any atom is -0.359 e. The second kappa shape index (κ2) is 6.47. The van der Waals surface area contributed by atoms with Gasteiger partial charge in [-0.3, -0.25) is 0 Å². The van der Waals surface area contributed by atoms with Crippen LogP contribution in [0.4, 0.5) is 0 Å². The molecule has 4 nitrogen and oxygen atoms in total. The number of aromatic nitrogens is 2. The average Bonchev–Trinajstić information content (AvgIpc) is 3.03. The van der Waals surface area contributed by atoms with Crippen molar-refractivity contribution in [2.24, 2.45) is 0 Å². The maximum atomic E-state index is 2.39. The van der Waals surface area contributed by atoms with Gasteiger partial charge in [0.05, 0.1) is 19.8 Å². The highest BCUT2D eigenvalue weighted by molar-refractivity contribution is 4.89. The lowest BCUT2D eigenvalue weighted by atomic mass is 10.3. The summed E-state index contributed by atoms with van der Waals surface area (Å²) in [5, 5.41) is 0. The molecule has 0 fully saturated rings. The van der Waals surface area contributed by atoms with E-state index in [2.05, 4.69) is 63.9 Å². The van der Waals surface area contributed by atoms with E-state index in [9.17, 15) is 0 Å². The van der Waals surface area contributed by atoms with E-state index in [1.165, 1.54) is 19.4 Å². The van der Waals surface area contributed by atoms with Gasteiger partial charge in [-0.1, -0.05) is 0 Å². The lowest BCUT2D eigenvalue weighted by molar-refractivity contribution is -0.696. The molecule has 0 amide bonds. The fraction of sp³-hybridized carbons (Fsp3) is 0.643. The van der Waals surface area contributed by atoms with Crippen LogP contribution >= 0.6 is 0 Å². The molecule has 1 aliphatic heterocycles. The SMILES string of the molecule is CCN1C=CN(CCCC[n+]2ccn(CC)c2)C1. The van der Waals surface area contributed by atoms with Crippen LogP contribution < -0.4 is 4.57 Å². The van der Waals surface area contributed by atoms with Gasteiger partial charge in [0, 0.05) is 25.5 Å². The molecule has 2 rings (SSSR count). The van der Waals surface area contributed by atoms with Crippen LogP contribution in [0.15, 0.2) is 31.1 Å². The van der Waals surface area contributed by atoms with Gasteiger partial charge in [-0.05, 0) is 26.7 Å². The van der Waals surface area contributed by atoms with Crippen LogP contribution in [0, 0.1) is 0 Å². The molecule has 18 heavy (non-hydrogen) atoms. The van der Waals surface area contributed by atoms with Crippen molar-refractivity contribution in [1.29, 1.82) is 0 Å². The van der Waals surface area contributed by atoms with Gasteiger partial charge in [0.2, 0.25) is 6.33 Å². The zero-order valence-corrected chi connectivity index (χ0v) is 11.6. The number of hydrogen-bond donors (Lipinski definition) is 0. The van der Waals surface area contributed by atoms with Crippen LogP contribution in [0.25, 0.3) is 0 Å². The van der Waals surface area contributed by atoms with Crippen molar-refractivity contribution >= 4 is 0 Å². The standard InChI is InChI=1S/C14H25N4/c1-3-15-9-11-17(13-15)7-5-6-8-18-12-10-16(4-2)14-18/h9-13H,3-8,14H2,1-2H3/q+1. The Morgan fingerprint density at radius 1 is 1.06 bits per heavy atom. The van der Waals surface area contributed by atoms with Gasteiger partial charge in [-0.25, -0.2) is 9.13 Å². The molecule has 100 valence electrons. The Bertz CT molecular complexity index is 383. The van der Waals surface area contributed by atoms with Crippen LogP contribution in [0.1, 0.15) is 26.7 Å². The molecule has 1 aromatic heterocycles. The minimum atomic E-state index is 1.05. The average molecular weight is 249 g/mol. The van der Waals surface area contributed by atoms with Crippen LogP contribution in [0.5, 0.6) is 0 Å². The third kappa shape index (κ3) is 3.52. The summed E-state index contributed by atoms with van der Waals surface area (Å²) < 4.78 is 4.49. The first-order chi connectivity index (χ1) is 8.81. The lowest BCUT2D eigenvalue weighted by Gasteiger charge is -2.19. The first-order valence-electron chi connectivity index (χ1n) is 7.03. The molecule has 0 aromatic carbocycles. The summed E-state index contributed by atoms with van der Waals surface area (Å²) in [6.45, 7) is 9.89. The molecule has 1 aromatic rings. The van der Waals surface area contributed by atoms with Gasteiger partial charge in [-0.2, -0.15) is 0 Å². The summed E-state index contributed by atoms with van der Waals surface area (Å²) in [6, 6.07) is 0. The van der Waals surface area contributed by atoms with Crippen molar-refractivity contribution in [1.82, 2.24) is 14.4 Å². The molecular formula is C14H25N4+. The number of nitrogens with zero attached hydrogens (tertiary/aromatic N) is 4. The Kier molecular flexibility index (Phi) is 4.67. The largest absolute Gasteiger partial charge is 0.359 e. The zero-order valence-electron chi connectivity index (χ0n) is 11.6. The monoisotopic (exact) mass is 249 g/mol. The van der Waals surface area contributed by atoms with Gasteiger partial charge in [0.15, 0.2) is 0 Å². The van der Waals surface area contributed by atoms with E-state index < -0.39 is 0 Å². The molecule has 0 saturated carbocycles. The topological polar surface area (TPSA) is 15.3 Å². The number of hydrogen-bond acceptors (Lipinski definition) is 2. The van der Waals surface area contributed by atoms with E-state index in [1.54, 1.807) is 0 Å².